The number of anilines is 3. The largest absolute Gasteiger partial charge is 0.444 e. The molecule has 2 atom stereocenters. The molecule has 1 N–H and O–H groups in total. The number of alkyl halides is 1. The van der Waals surface area contributed by atoms with Gasteiger partial charge < -0.3 is 19.7 Å². The average Bonchev–Trinajstić information content (AvgIpc) is 3.06. The molecule has 6 rings (SSSR count). The van der Waals surface area contributed by atoms with E-state index >= 15 is 4.39 Å². The van der Waals surface area contributed by atoms with Crippen molar-refractivity contribution in [1.29, 1.82) is 0 Å². The summed E-state index contributed by atoms with van der Waals surface area (Å²) in [5, 5.41) is 3.94. The Bertz CT molecular complexity index is 2180. The van der Waals surface area contributed by atoms with Crippen LogP contribution in [0.15, 0.2) is 85.2 Å². The number of nitrogens with one attached hydrogen (secondary N) is 1. The number of nitrogens with zero attached hydrogens (tertiary/aromatic N) is 5. The van der Waals surface area contributed by atoms with E-state index in [1.54, 1.807) is 99.9 Å². The highest BCUT2D eigenvalue weighted by Crippen LogP contribution is 2.43. The minimum atomic E-state index is -3.97. The molecule has 1 aliphatic heterocycles. The maximum atomic E-state index is 15.7. The lowest BCUT2D eigenvalue weighted by Crippen LogP contribution is -2.51. The molecule has 1 saturated heterocycles. The Labute approximate surface area is 295 Å². The minimum absolute atomic E-state index is 0.0648. The van der Waals surface area contributed by atoms with Crippen molar-refractivity contribution in [2.75, 3.05) is 29.0 Å². The first-order valence-electron chi connectivity index (χ1n) is 16.3. The van der Waals surface area contributed by atoms with Gasteiger partial charge in [-0.3, -0.25) is 0 Å². The topological polar surface area (TPSA) is 127 Å². The van der Waals surface area contributed by atoms with Crippen molar-refractivity contribution in [2.24, 2.45) is 0 Å². The Hall–Kier alpha value is -5.37. The third-order valence-corrected chi connectivity index (χ3v) is 9.14. The second kappa shape index (κ2) is 14.1. The van der Waals surface area contributed by atoms with Crippen LogP contribution in [-0.4, -0.2) is 71.5 Å². The first-order chi connectivity index (χ1) is 24.2. The molecule has 0 saturated carbocycles. The normalized spacial score (nSPS) is 16.5. The highest BCUT2D eigenvalue weighted by molar-refractivity contribution is 7.92. The zero-order chi connectivity index (χ0) is 36.5. The molecule has 1 aliphatic rings. The molecule has 51 heavy (non-hydrogen) atoms. The number of carbonyl (C=O) groups excluding carboxylic acids is 1. The van der Waals surface area contributed by atoms with E-state index < -0.39 is 39.7 Å². The predicted octanol–water partition coefficient (Wildman–Crippen LogP) is 7.79. The molecule has 2 unspecified atom stereocenters. The number of fused-ring (bicyclic) bond motifs is 1. The van der Waals surface area contributed by atoms with Gasteiger partial charge in [-0.2, -0.15) is 0 Å². The number of carbonyl (C=O) groups is 1. The summed E-state index contributed by atoms with van der Waals surface area (Å²) in [6.45, 7) is 7.22. The van der Waals surface area contributed by atoms with Gasteiger partial charge in [0.1, 0.15) is 29.0 Å². The van der Waals surface area contributed by atoms with E-state index in [1.165, 1.54) is 11.0 Å². The van der Waals surface area contributed by atoms with Crippen LogP contribution >= 0.6 is 0 Å². The Balaban J connectivity index is 1.33. The van der Waals surface area contributed by atoms with Crippen molar-refractivity contribution in [2.45, 2.75) is 51.9 Å². The molecule has 11 nitrogen and oxygen atoms in total. The number of amides is 1. The van der Waals surface area contributed by atoms with Crippen molar-refractivity contribution in [3.8, 4) is 22.9 Å². The van der Waals surface area contributed by atoms with E-state index in [9.17, 15) is 17.6 Å². The molecule has 0 radical (unpaired) electrons. The third kappa shape index (κ3) is 8.01. The molecule has 3 heterocycles. The Kier molecular flexibility index (Phi) is 9.80. The Morgan fingerprint density at radius 1 is 0.961 bits per heavy atom. The number of likely N-dealkylation sites (tertiary alicyclic amines) is 1. The number of aromatic nitrogens is 3. The lowest BCUT2D eigenvalue weighted by atomic mass is 10.0. The van der Waals surface area contributed by atoms with Crippen LogP contribution in [0.4, 0.5) is 30.9 Å². The van der Waals surface area contributed by atoms with E-state index in [0.29, 0.717) is 33.3 Å². The number of para-hydroxylation sites is 1. The van der Waals surface area contributed by atoms with Crippen molar-refractivity contribution >= 4 is 44.2 Å². The molecule has 5 aromatic rings. The third-order valence-electron chi connectivity index (χ3n) is 8.08. The number of hydrogen-bond donors (Lipinski definition) is 1. The molecule has 1 amide bonds. The molecular weight excluding hydrogens is 679 g/mol. The Morgan fingerprint density at radius 2 is 1.71 bits per heavy atom. The summed E-state index contributed by atoms with van der Waals surface area (Å²) in [4.78, 5) is 27.5. The van der Waals surface area contributed by atoms with Gasteiger partial charge in [-0.25, -0.2) is 41.3 Å². The number of halogens is 2. The summed E-state index contributed by atoms with van der Waals surface area (Å²) in [7, 11) is -3.97. The summed E-state index contributed by atoms with van der Waals surface area (Å²) in [6.07, 6.45) is 2.42. The van der Waals surface area contributed by atoms with Gasteiger partial charge in [-0.15, -0.1) is 0 Å². The van der Waals surface area contributed by atoms with Crippen LogP contribution in [0.5, 0.6) is 11.6 Å². The minimum Gasteiger partial charge on any atom is -0.444 e. The first kappa shape index (κ1) is 35.5. The first-order valence-corrected chi connectivity index (χ1v) is 18.1. The van der Waals surface area contributed by atoms with Gasteiger partial charge in [0.2, 0.25) is 21.9 Å². The summed E-state index contributed by atoms with van der Waals surface area (Å²) in [6, 6.07) is 19.1. The molecule has 1 fully saturated rings. The van der Waals surface area contributed by atoms with Crippen LogP contribution in [0.3, 0.4) is 0 Å². The van der Waals surface area contributed by atoms with Crippen LogP contribution in [0.1, 0.15) is 32.8 Å². The maximum absolute atomic E-state index is 15.7. The number of aryl methyl sites for hydroxylation is 1. The average molecular weight is 717 g/mol. The fraction of sp³-hybridized carbons (Fsp3) is 0.297. The zero-order valence-electron chi connectivity index (χ0n) is 28.8. The lowest BCUT2D eigenvalue weighted by Gasteiger charge is -2.36. The van der Waals surface area contributed by atoms with Gasteiger partial charge in [-0.05, 0) is 75.7 Å². The summed E-state index contributed by atoms with van der Waals surface area (Å²) in [5.41, 5.74) is 1.08. The number of rotatable bonds is 8. The maximum Gasteiger partial charge on any atom is 0.410 e. The van der Waals surface area contributed by atoms with E-state index in [4.69, 9.17) is 9.47 Å². The summed E-state index contributed by atoms with van der Waals surface area (Å²) in [5.74, 6) is 0.0245. The molecular formula is C37H38F2N6O5S. The van der Waals surface area contributed by atoms with Crippen LogP contribution in [0.25, 0.3) is 22.0 Å². The lowest BCUT2D eigenvalue weighted by molar-refractivity contribution is 0.0124. The quantitative estimate of drug-likeness (QED) is 0.171. The molecule has 14 heteroatoms. The molecule has 266 valence electrons. The molecule has 0 aliphatic carbocycles. The van der Waals surface area contributed by atoms with E-state index in [2.05, 4.69) is 20.3 Å². The van der Waals surface area contributed by atoms with E-state index in [0.717, 1.165) is 10.6 Å². The SMILES string of the molecule is Cc1ccc2c(N(c3ccccc3)S(C)(=O)=O)c(F)ccc2c1Oc1ncccc1-c1ccnc(NC2CC(F)CN(C(=O)OC(C)(C)C)C2)n1. The highest BCUT2D eigenvalue weighted by atomic mass is 32.2. The van der Waals surface area contributed by atoms with Gasteiger partial charge in [0.25, 0.3) is 0 Å². The number of pyridine rings is 1. The number of sulfonamides is 1. The van der Waals surface area contributed by atoms with Gasteiger partial charge in [0, 0.05) is 42.2 Å². The summed E-state index contributed by atoms with van der Waals surface area (Å²) < 4.78 is 69.5. The fourth-order valence-electron chi connectivity index (χ4n) is 5.98. The zero-order valence-corrected chi connectivity index (χ0v) is 29.6. The van der Waals surface area contributed by atoms with Gasteiger partial charge in [0.15, 0.2) is 0 Å². The van der Waals surface area contributed by atoms with Crippen LogP contribution in [0, 0.1) is 12.7 Å². The van der Waals surface area contributed by atoms with E-state index in [-0.39, 0.29) is 42.7 Å². The molecule has 3 aromatic carbocycles. The number of hydrogen-bond acceptors (Lipinski definition) is 9. The van der Waals surface area contributed by atoms with E-state index in [1.807, 2.05) is 6.92 Å². The van der Waals surface area contributed by atoms with Gasteiger partial charge in [-0.1, -0.05) is 30.3 Å². The second-order valence-electron chi connectivity index (χ2n) is 13.3. The summed E-state index contributed by atoms with van der Waals surface area (Å²) >= 11 is 0. The van der Waals surface area contributed by atoms with Crippen LogP contribution in [0.2, 0.25) is 0 Å². The van der Waals surface area contributed by atoms with Crippen LogP contribution < -0.4 is 14.4 Å². The van der Waals surface area contributed by atoms with Crippen molar-refractivity contribution < 1.29 is 31.5 Å². The molecule has 0 bridgehead atoms. The van der Waals surface area contributed by atoms with Crippen LogP contribution in [-0.2, 0) is 14.8 Å². The van der Waals surface area contributed by atoms with Crippen molar-refractivity contribution in [1.82, 2.24) is 19.9 Å². The van der Waals surface area contributed by atoms with Crippen molar-refractivity contribution in [3.63, 3.8) is 0 Å². The highest BCUT2D eigenvalue weighted by Gasteiger charge is 2.33. The molecule has 0 spiro atoms. The number of ether oxygens (including phenoxy) is 2. The predicted molar refractivity (Wildman–Crippen MR) is 192 cm³/mol. The number of piperidine rings is 1. The molecule has 2 aromatic heterocycles. The second-order valence-corrected chi connectivity index (χ2v) is 15.2. The fourth-order valence-corrected chi connectivity index (χ4v) is 7.00. The standard InChI is InChI=1S/C37H38F2N6O5S/c1-23-13-14-27-28(15-16-30(39)32(27)45(51(5,47)48)26-10-7-6-8-11-26)33(23)49-34-29(12-9-18-40-34)31-17-19-41-35(43-31)42-25-20-24(38)21-44(22-25)36(46)50-37(2,3)4/h6-19,24-25H,20-22H2,1-5H3,(H,41,42,43). The van der Waals surface area contributed by atoms with Crippen molar-refractivity contribution in [3.05, 3.63) is 96.6 Å². The smallest absolute Gasteiger partial charge is 0.410 e. The van der Waals surface area contributed by atoms with Gasteiger partial charge in [0.05, 0.1) is 29.7 Å². The monoisotopic (exact) mass is 716 g/mol. The Morgan fingerprint density at radius 3 is 2.43 bits per heavy atom. The number of benzene rings is 3. The van der Waals surface area contributed by atoms with Gasteiger partial charge >= 0.3 is 6.09 Å².